The summed E-state index contributed by atoms with van der Waals surface area (Å²) in [5.41, 5.74) is 1.02. The summed E-state index contributed by atoms with van der Waals surface area (Å²) in [5, 5.41) is 0. The molecule has 0 spiro atoms. The zero-order chi connectivity index (χ0) is 10.5. The molecule has 0 amide bonds. The molecule has 0 radical (unpaired) electrons. The van der Waals surface area contributed by atoms with Crippen LogP contribution in [0.1, 0.15) is 37.8 Å². The molecule has 0 aliphatic heterocycles. The van der Waals surface area contributed by atoms with Gasteiger partial charge in [-0.2, -0.15) is 0 Å². The first kappa shape index (κ1) is 10.5. The molecule has 1 aromatic rings. The van der Waals surface area contributed by atoms with Crippen LogP contribution in [0, 0.1) is 12.8 Å². The molecule has 1 saturated carbocycles. The smallest absolute Gasteiger partial charge is 0.213 e. The van der Waals surface area contributed by atoms with Crippen molar-refractivity contribution in [2.24, 2.45) is 5.92 Å². The van der Waals surface area contributed by atoms with E-state index in [0.29, 0.717) is 0 Å². The van der Waals surface area contributed by atoms with E-state index < -0.39 is 0 Å². The number of rotatable bonds is 3. The lowest BCUT2D eigenvalue weighted by Crippen LogP contribution is -2.15. The molecule has 0 atom stereocenters. The molecule has 1 aliphatic rings. The molecule has 15 heavy (non-hydrogen) atoms. The Morgan fingerprint density at radius 3 is 2.80 bits per heavy atom. The van der Waals surface area contributed by atoms with Crippen LogP contribution in [0.5, 0.6) is 5.88 Å². The Hall–Kier alpha value is -1.05. The normalized spacial score (nSPS) is 17.7. The van der Waals surface area contributed by atoms with Gasteiger partial charge in [-0.1, -0.05) is 25.3 Å². The van der Waals surface area contributed by atoms with Crippen LogP contribution in [0.15, 0.2) is 18.2 Å². The van der Waals surface area contributed by atoms with Gasteiger partial charge in [0.1, 0.15) is 0 Å². The summed E-state index contributed by atoms with van der Waals surface area (Å²) >= 11 is 0. The maximum Gasteiger partial charge on any atom is 0.213 e. The molecule has 1 heterocycles. The molecular formula is C13H19NO. The Morgan fingerprint density at radius 1 is 1.27 bits per heavy atom. The third-order valence-corrected chi connectivity index (χ3v) is 3.05. The molecule has 0 bridgehead atoms. The van der Waals surface area contributed by atoms with Crippen molar-refractivity contribution >= 4 is 0 Å². The van der Waals surface area contributed by atoms with Gasteiger partial charge in [0, 0.05) is 11.8 Å². The third kappa shape index (κ3) is 3.22. The first-order chi connectivity index (χ1) is 7.34. The predicted octanol–water partition coefficient (Wildman–Crippen LogP) is 3.35. The van der Waals surface area contributed by atoms with Gasteiger partial charge in [0.2, 0.25) is 5.88 Å². The fraction of sp³-hybridized carbons (Fsp3) is 0.615. The monoisotopic (exact) mass is 205 g/mol. The van der Waals surface area contributed by atoms with Crippen LogP contribution in [0.3, 0.4) is 0 Å². The van der Waals surface area contributed by atoms with E-state index in [1.165, 1.54) is 32.1 Å². The van der Waals surface area contributed by atoms with Gasteiger partial charge < -0.3 is 4.74 Å². The van der Waals surface area contributed by atoms with Crippen LogP contribution in [-0.4, -0.2) is 11.6 Å². The quantitative estimate of drug-likeness (QED) is 0.755. The van der Waals surface area contributed by atoms with E-state index >= 15 is 0 Å². The second-order valence-corrected chi connectivity index (χ2v) is 4.43. The molecule has 0 unspecified atom stereocenters. The molecule has 0 saturated heterocycles. The molecule has 0 N–H and O–H groups in total. The van der Waals surface area contributed by atoms with Crippen molar-refractivity contribution in [3.8, 4) is 5.88 Å². The van der Waals surface area contributed by atoms with Crippen LogP contribution in [0.4, 0.5) is 0 Å². The Morgan fingerprint density at radius 2 is 2.07 bits per heavy atom. The molecule has 0 aromatic carbocycles. The predicted molar refractivity (Wildman–Crippen MR) is 61.0 cm³/mol. The number of hydrogen-bond donors (Lipinski definition) is 0. The lowest BCUT2D eigenvalue weighted by molar-refractivity contribution is 0.202. The second kappa shape index (κ2) is 5.15. The standard InChI is InChI=1S/C13H19NO/c1-11-6-5-9-13(14-11)15-10-12-7-3-2-4-8-12/h5-6,9,12H,2-4,7-8,10H2,1H3. The fourth-order valence-electron chi connectivity index (χ4n) is 2.16. The highest BCUT2D eigenvalue weighted by Crippen LogP contribution is 2.24. The maximum absolute atomic E-state index is 5.72. The van der Waals surface area contributed by atoms with Crippen molar-refractivity contribution in [1.82, 2.24) is 4.98 Å². The number of aromatic nitrogens is 1. The number of hydrogen-bond acceptors (Lipinski definition) is 2. The van der Waals surface area contributed by atoms with Gasteiger partial charge in [0.25, 0.3) is 0 Å². The van der Waals surface area contributed by atoms with Crippen molar-refractivity contribution < 1.29 is 4.74 Å². The van der Waals surface area contributed by atoms with Crippen molar-refractivity contribution in [3.05, 3.63) is 23.9 Å². The summed E-state index contributed by atoms with van der Waals surface area (Å²) in [6.45, 7) is 2.84. The second-order valence-electron chi connectivity index (χ2n) is 4.43. The highest BCUT2D eigenvalue weighted by Gasteiger charge is 2.13. The molecule has 1 aliphatic carbocycles. The highest BCUT2D eigenvalue weighted by molar-refractivity contribution is 5.14. The Kier molecular flexibility index (Phi) is 3.59. The van der Waals surface area contributed by atoms with Crippen LogP contribution in [0.2, 0.25) is 0 Å². The summed E-state index contributed by atoms with van der Waals surface area (Å²) < 4.78 is 5.72. The largest absolute Gasteiger partial charge is 0.477 e. The van der Waals surface area contributed by atoms with Crippen molar-refractivity contribution in [3.63, 3.8) is 0 Å². The number of aryl methyl sites for hydroxylation is 1. The molecular weight excluding hydrogens is 186 g/mol. The topological polar surface area (TPSA) is 22.1 Å². The summed E-state index contributed by atoms with van der Waals surface area (Å²) in [5.74, 6) is 1.53. The fourth-order valence-corrected chi connectivity index (χ4v) is 2.16. The van der Waals surface area contributed by atoms with Crippen molar-refractivity contribution in [1.29, 1.82) is 0 Å². The van der Waals surface area contributed by atoms with Gasteiger partial charge in [-0.25, -0.2) is 4.98 Å². The Balaban J connectivity index is 1.81. The minimum Gasteiger partial charge on any atom is -0.477 e. The first-order valence-electron chi connectivity index (χ1n) is 5.91. The van der Waals surface area contributed by atoms with Crippen LogP contribution in [-0.2, 0) is 0 Å². The van der Waals surface area contributed by atoms with E-state index in [0.717, 1.165) is 24.1 Å². The van der Waals surface area contributed by atoms with Gasteiger partial charge in [-0.05, 0) is 31.7 Å². The first-order valence-corrected chi connectivity index (χ1v) is 5.91. The van der Waals surface area contributed by atoms with Crippen LogP contribution < -0.4 is 4.74 Å². The summed E-state index contributed by atoms with van der Waals surface area (Å²) in [6.07, 6.45) is 6.79. The molecule has 2 rings (SSSR count). The van der Waals surface area contributed by atoms with Crippen molar-refractivity contribution in [2.75, 3.05) is 6.61 Å². The van der Waals surface area contributed by atoms with E-state index in [1.54, 1.807) is 0 Å². The highest BCUT2D eigenvalue weighted by atomic mass is 16.5. The van der Waals surface area contributed by atoms with Crippen LogP contribution >= 0.6 is 0 Å². The van der Waals surface area contributed by atoms with E-state index in [4.69, 9.17) is 4.74 Å². The molecule has 1 fully saturated rings. The Labute approximate surface area is 91.7 Å². The summed E-state index contributed by atoms with van der Waals surface area (Å²) in [6, 6.07) is 5.93. The summed E-state index contributed by atoms with van der Waals surface area (Å²) in [4.78, 5) is 4.34. The molecule has 82 valence electrons. The van der Waals surface area contributed by atoms with E-state index in [9.17, 15) is 0 Å². The molecule has 1 aromatic heterocycles. The number of pyridine rings is 1. The summed E-state index contributed by atoms with van der Waals surface area (Å²) in [7, 11) is 0. The average Bonchev–Trinajstić information content (AvgIpc) is 2.28. The average molecular weight is 205 g/mol. The minimum atomic E-state index is 0.751. The number of nitrogens with zero attached hydrogens (tertiary/aromatic N) is 1. The SMILES string of the molecule is Cc1cccc(OCC2CCCCC2)n1. The van der Waals surface area contributed by atoms with E-state index in [-0.39, 0.29) is 0 Å². The maximum atomic E-state index is 5.72. The zero-order valence-corrected chi connectivity index (χ0v) is 9.41. The van der Waals surface area contributed by atoms with Gasteiger partial charge >= 0.3 is 0 Å². The van der Waals surface area contributed by atoms with E-state index in [2.05, 4.69) is 4.98 Å². The number of ether oxygens (including phenoxy) is 1. The van der Waals surface area contributed by atoms with Crippen molar-refractivity contribution in [2.45, 2.75) is 39.0 Å². The lowest BCUT2D eigenvalue weighted by Gasteiger charge is -2.21. The van der Waals surface area contributed by atoms with E-state index in [1.807, 2.05) is 25.1 Å². The van der Waals surface area contributed by atoms with Crippen LogP contribution in [0.25, 0.3) is 0 Å². The van der Waals surface area contributed by atoms with Gasteiger partial charge in [-0.15, -0.1) is 0 Å². The zero-order valence-electron chi connectivity index (χ0n) is 9.41. The third-order valence-electron chi connectivity index (χ3n) is 3.05. The molecule has 2 nitrogen and oxygen atoms in total. The minimum absolute atomic E-state index is 0.751. The lowest BCUT2D eigenvalue weighted by atomic mass is 9.90. The molecule has 2 heteroatoms. The van der Waals surface area contributed by atoms with Gasteiger partial charge in [0.05, 0.1) is 6.61 Å². The Bertz CT molecular complexity index is 305. The van der Waals surface area contributed by atoms with Gasteiger partial charge in [0.15, 0.2) is 0 Å². The van der Waals surface area contributed by atoms with Gasteiger partial charge in [-0.3, -0.25) is 0 Å².